The van der Waals surface area contributed by atoms with Gasteiger partial charge in [0, 0.05) is 10.4 Å². The minimum absolute atomic E-state index is 0.247. The number of carboxylic acids is 1. The molecule has 3 aromatic rings. The largest absolute Gasteiger partial charge is 0.480 e. The molecule has 2 aromatic heterocycles. The minimum atomic E-state index is -0.971. The zero-order valence-corrected chi connectivity index (χ0v) is 10.9. The van der Waals surface area contributed by atoms with Gasteiger partial charge in [-0.2, -0.15) is 0 Å². The third-order valence-electron chi connectivity index (χ3n) is 2.87. The summed E-state index contributed by atoms with van der Waals surface area (Å²) in [5.74, 6) is -0.503. The normalized spacial score (nSPS) is 11.0. The van der Waals surface area contributed by atoms with E-state index in [2.05, 4.69) is 27.8 Å². The molecule has 96 valence electrons. The highest BCUT2D eigenvalue weighted by molar-refractivity contribution is 7.11. The highest BCUT2D eigenvalue weighted by Crippen LogP contribution is 2.28. The number of nitrogens with zero attached hydrogens (tertiary/aromatic N) is 4. The third-order valence-corrected chi connectivity index (χ3v) is 3.82. The molecule has 0 aliphatic heterocycles. The van der Waals surface area contributed by atoms with Gasteiger partial charge < -0.3 is 5.11 Å². The van der Waals surface area contributed by atoms with Gasteiger partial charge in [0.05, 0.1) is 0 Å². The van der Waals surface area contributed by atoms with E-state index < -0.39 is 5.97 Å². The maximum atomic E-state index is 10.8. The van der Waals surface area contributed by atoms with Crippen molar-refractivity contribution in [1.29, 1.82) is 0 Å². The first-order valence-electron chi connectivity index (χ1n) is 5.61. The summed E-state index contributed by atoms with van der Waals surface area (Å²) in [6, 6.07) is 5.89. The SMILES string of the molecule is Cc1scc2ccc(-c3nnnn3CC(=O)O)cc12. The predicted molar refractivity (Wildman–Crippen MR) is 71.0 cm³/mol. The number of fused-ring (bicyclic) bond motifs is 1. The van der Waals surface area contributed by atoms with Gasteiger partial charge in [-0.3, -0.25) is 4.79 Å². The summed E-state index contributed by atoms with van der Waals surface area (Å²) in [5.41, 5.74) is 0.820. The van der Waals surface area contributed by atoms with Crippen molar-refractivity contribution in [1.82, 2.24) is 20.2 Å². The van der Waals surface area contributed by atoms with E-state index in [1.165, 1.54) is 14.9 Å². The molecule has 6 nitrogen and oxygen atoms in total. The van der Waals surface area contributed by atoms with Crippen LogP contribution in [-0.2, 0) is 11.3 Å². The fourth-order valence-electron chi connectivity index (χ4n) is 1.96. The van der Waals surface area contributed by atoms with Crippen LogP contribution < -0.4 is 0 Å². The van der Waals surface area contributed by atoms with E-state index in [-0.39, 0.29) is 6.54 Å². The quantitative estimate of drug-likeness (QED) is 0.789. The van der Waals surface area contributed by atoms with Crippen LogP contribution in [0.3, 0.4) is 0 Å². The first kappa shape index (κ1) is 11.8. The van der Waals surface area contributed by atoms with Crippen molar-refractivity contribution < 1.29 is 9.90 Å². The average molecular weight is 274 g/mol. The van der Waals surface area contributed by atoms with Crippen LogP contribution in [0.5, 0.6) is 0 Å². The van der Waals surface area contributed by atoms with E-state index in [9.17, 15) is 4.79 Å². The Morgan fingerprint density at radius 2 is 2.32 bits per heavy atom. The fraction of sp³-hybridized carbons (Fsp3) is 0.167. The number of aromatic nitrogens is 4. The predicted octanol–water partition coefficient (Wildman–Crippen LogP) is 1.95. The van der Waals surface area contributed by atoms with Gasteiger partial charge in [-0.1, -0.05) is 12.1 Å². The molecule has 0 spiro atoms. The second-order valence-electron chi connectivity index (χ2n) is 4.15. The van der Waals surface area contributed by atoms with Gasteiger partial charge in [0.1, 0.15) is 6.54 Å². The third kappa shape index (κ3) is 2.08. The van der Waals surface area contributed by atoms with Gasteiger partial charge in [-0.25, -0.2) is 4.68 Å². The Hall–Kier alpha value is -2.28. The summed E-state index contributed by atoms with van der Waals surface area (Å²) in [6.07, 6.45) is 0. The highest BCUT2D eigenvalue weighted by atomic mass is 32.1. The molecule has 0 aliphatic carbocycles. The van der Waals surface area contributed by atoms with Crippen LogP contribution in [0, 0.1) is 6.92 Å². The lowest BCUT2D eigenvalue weighted by molar-refractivity contribution is -0.137. The van der Waals surface area contributed by atoms with Gasteiger partial charge in [0.2, 0.25) is 0 Å². The molecule has 3 rings (SSSR count). The molecule has 0 saturated heterocycles. The molecule has 0 atom stereocenters. The topological polar surface area (TPSA) is 80.9 Å². The maximum absolute atomic E-state index is 10.8. The van der Waals surface area contributed by atoms with Crippen molar-refractivity contribution in [3.05, 3.63) is 28.5 Å². The van der Waals surface area contributed by atoms with Gasteiger partial charge in [-0.15, -0.1) is 16.4 Å². The smallest absolute Gasteiger partial charge is 0.325 e. The van der Waals surface area contributed by atoms with Crippen molar-refractivity contribution in [2.24, 2.45) is 0 Å². The van der Waals surface area contributed by atoms with Gasteiger partial charge in [0.15, 0.2) is 5.82 Å². The Balaban J connectivity index is 2.11. The lowest BCUT2D eigenvalue weighted by Gasteiger charge is -2.02. The monoisotopic (exact) mass is 274 g/mol. The molecule has 19 heavy (non-hydrogen) atoms. The van der Waals surface area contributed by atoms with Crippen LogP contribution in [0.15, 0.2) is 23.6 Å². The maximum Gasteiger partial charge on any atom is 0.325 e. The van der Waals surface area contributed by atoms with Crippen LogP contribution in [0.2, 0.25) is 0 Å². The van der Waals surface area contributed by atoms with Crippen LogP contribution in [-0.4, -0.2) is 31.3 Å². The number of tetrazole rings is 1. The number of aliphatic carboxylic acids is 1. The van der Waals surface area contributed by atoms with E-state index in [1.54, 1.807) is 11.3 Å². The van der Waals surface area contributed by atoms with E-state index in [0.717, 1.165) is 10.9 Å². The highest BCUT2D eigenvalue weighted by Gasteiger charge is 2.12. The molecular formula is C12H10N4O2S. The molecule has 0 radical (unpaired) electrons. The van der Waals surface area contributed by atoms with Gasteiger partial charge in [0.25, 0.3) is 0 Å². The minimum Gasteiger partial charge on any atom is -0.480 e. The van der Waals surface area contributed by atoms with Gasteiger partial charge in [-0.05, 0) is 39.6 Å². The number of thiophene rings is 1. The van der Waals surface area contributed by atoms with E-state index in [4.69, 9.17) is 5.11 Å². The van der Waals surface area contributed by atoms with Crippen molar-refractivity contribution in [2.45, 2.75) is 13.5 Å². The Bertz CT molecular complexity index is 762. The molecular weight excluding hydrogens is 264 g/mol. The molecule has 0 unspecified atom stereocenters. The molecule has 7 heteroatoms. The first-order chi connectivity index (χ1) is 9.15. The van der Waals surface area contributed by atoms with Crippen LogP contribution >= 0.6 is 11.3 Å². The average Bonchev–Trinajstić information content (AvgIpc) is 2.96. The Labute approximate surface area is 112 Å². The van der Waals surface area contributed by atoms with E-state index in [0.29, 0.717) is 5.82 Å². The van der Waals surface area contributed by atoms with Crippen molar-refractivity contribution >= 4 is 28.1 Å². The van der Waals surface area contributed by atoms with Crippen LogP contribution in [0.25, 0.3) is 22.2 Å². The number of benzene rings is 1. The zero-order chi connectivity index (χ0) is 13.4. The molecule has 0 saturated carbocycles. The molecule has 1 aromatic carbocycles. The number of carbonyl (C=O) groups is 1. The van der Waals surface area contributed by atoms with Crippen LogP contribution in [0.4, 0.5) is 0 Å². The lowest BCUT2D eigenvalue weighted by Crippen LogP contribution is -2.11. The molecule has 0 aliphatic rings. The second-order valence-corrected chi connectivity index (χ2v) is 5.23. The number of carboxylic acid groups (broad SMARTS) is 1. The standard InChI is InChI=1S/C12H10N4O2S/c1-7-10-4-8(2-3-9(10)6-19-7)12-13-14-15-16(12)5-11(17)18/h2-4,6H,5H2,1H3,(H,17,18). The van der Waals surface area contributed by atoms with E-state index >= 15 is 0 Å². The summed E-state index contributed by atoms with van der Waals surface area (Å²) in [6.45, 7) is 1.81. The Morgan fingerprint density at radius 1 is 1.47 bits per heavy atom. The number of rotatable bonds is 3. The zero-order valence-electron chi connectivity index (χ0n) is 10.1. The summed E-state index contributed by atoms with van der Waals surface area (Å²) < 4.78 is 1.28. The molecule has 0 fully saturated rings. The van der Waals surface area contributed by atoms with Crippen molar-refractivity contribution in [2.75, 3.05) is 0 Å². The van der Waals surface area contributed by atoms with Crippen LogP contribution in [0.1, 0.15) is 4.88 Å². The lowest BCUT2D eigenvalue weighted by atomic mass is 10.1. The molecule has 0 bridgehead atoms. The summed E-state index contributed by atoms with van der Waals surface area (Å²) in [4.78, 5) is 12.0. The number of aryl methyl sites for hydroxylation is 1. The summed E-state index contributed by atoms with van der Waals surface area (Å²) >= 11 is 1.69. The summed E-state index contributed by atoms with van der Waals surface area (Å²) in [5, 5.41) is 24.4. The Kier molecular flexibility index (Phi) is 2.75. The molecule has 1 N–H and O–H groups in total. The summed E-state index contributed by atoms with van der Waals surface area (Å²) in [7, 11) is 0. The Morgan fingerprint density at radius 3 is 3.11 bits per heavy atom. The second kappa shape index (κ2) is 4.43. The molecule has 0 amide bonds. The first-order valence-corrected chi connectivity index (χ1v) is 6.49. The van der Waals surface area contributed by atoms with Crippen molar-refractivity contribution in [3.8, 4) is 11.4 Å². The van der Waals surface area contributed by atoms with E-state index in [1.807, 2.05) is 18.2 Å². The number of hydrogen-bond donors (Lipinski definition) is 1. The fourth-order valence-corrected chi connectivity index (χ4v) is 2.78. The number of hydrogen-bond acceptors (Lipinski definition) is 5. The van der Waals surface area contributed by atoms with Crippen molar-refractivity contribution in [3.63, 3.8) is 0 Å². The molecule has 2 heterocycles. The van der Waals surface area contributed by atoms with Gasteiger partial charge >= 0.3 is 5.97 Å².